The van der Waals surface area contributed by atoms with Crippen LogP contribution in [0.25, 0.3) is 0 Å². The quantitative estimate of drug-likeness (QED) is 0.302. The third-order valence-electron chi connectivity index (χ3n) is 4.49. The zero-order valence-electron chi connectivity index (χ0n) is 17.0. The maximum atomic E-state index is 13.2. The minimum Gasteiger partial charge on any atom is -0.251 e. The lowest BCUT2D eigenvalue weighted by molar-refractivity contribution is -0.137. The van der Waals surface area contributed by atoms with Crippen molar-refractivity contribution in [3.8, 4) is 0 Å². The van der Waals surface area contributed by atoms with Crippen LogP contribution < -0.4 is 0 Å². The summed E-state index contributed by atoms with van der Waals surface area (Å²) in [6, 6.07) is 14.5. The van der Waals surface area contributed by atoms with Crippen molar-refractivity contribution in [2.24, 2.45) is 9.98 Å². The fraction of sp³-hybridized carbons (Fsp3) is 0.174. The number of hydrogen-bond donors (Lipinski definition) is 0. The third-order valence-corrected chi connectivity index (χ3v) is 4.49. The van der Waals surface area contributed by atoms with Crippen LogP contribution in [0.3, 0.4) is 0 Å². The molecule has 0 spiro atoms. The Balaban J connectivity index is 1.98. The summed E-state index contributed by atoms with van der Waals surface area (Å²) in [5, 5.41) is 0. The van der Waals surface area contributed by atoms with E-state index in [0.717, 1.165) is 12.1 Å². The van der Waals surface area contributed by atoms with E-state index in [-0.39, 0.29) is 34.2 Å². The Hall–Kier alpha value is -3.49. The van der Waals surface area contributed by atoms with Crippen LogP contribution >= 0.6 is 0 Å². The maximum Gasteiger partial charge on any atom is 0.418 e. The summed E-state index contributed by atoms with van der Waals surface area (Å²) in [5.41, 5.74) is -1.28. The van der Waals surface area contributed by atoms with Gasteiger partial charge in [-0.15, -0.1) is 0 Å². The van der Waals surface area contributed by atoms with Crippen molar-refractivity contribution in [3.63, 3.8) is 0 Å². The molecule has 0 saturated heterocycles. The Morgan fingerprint density at radius 3 is 1.34 bits per heavy atom. The number of pyridine rings is 1. The van der Waals surface area contributed by atoms with Crippen LogP contribution in [0.1, 0.15) is 36.4 Å². The molecule has 1 aromatic heterocycles. The van der Waals surface area contributed by atoms with E-state index in [2.05, 4.69) is 15.0 Å². The van der Waals surface area contributed by atoms with Crippen LogP contribution in [0.5, 0.6) is 0 Å². The number of hydrogen-bond acceptors (Lipinski definition) is 3. The van der Waals surface area contributed by atoms with E-state index in [0.29, 0.717) is 0 Å². The predicted octanol–water partition coefficient (Wildman–Crippen LogP) is 7.40. The largest absolute Gasteiger partial charge is 0.418 e. The fourth-order valence-corrected chi connectivity index (χ4v) is 2.94. The van der Waals surface area contributed by atoms with Crippen molar-refractivity contribution in [2.75, 3.05) is 0 Å². The molecule has 0 aliphatic rings. The molecule has 0 aliphatic heterocycles. The Kier molecular flexibility index (Phi) is 6.47. The number of aromatic nitrogens is 1. The normalized spacial score (nSPS) is 13.4. The van der Waals surface area contributed by atoms with Crippen molar-refractivity contribution in [1.29, 1.82) is 0 Å². The van der Waals surface area contributed by atoms with Gasteiger partial charge in [0.25, 0.3) is 0 Å². The fourth-order valence-electron chi connectivity index (χ4n) is 2.94. The molecule has 0 atom stereocenters. The molecule has 9 heteroatoms. The first-order valence-electron chi connectivity index (χ1n) is 9.37. The average Bonchev–Trinajstić information content (AvgIpc) is 2.73. The second-order valence-corrected chi connectivity index (χ2v) is 6.83. The minimum atomic E-state index is -4.56. The van der Waals surface area contributed by atoms with Gasteiger partial charge in [-0.1, -0.05) is 30.3 Å². The monoisotopic (exact) mass is 449 g/mol. The van der Waals surface area contributed by atoms with E-state index in [4.69, 9.17) is 0 Å². The Morgan fingerprint density at radius 2 is 0.969 bits per heavy atom. The van der Waals surface area contributed by atoms with Gasteiger partial charge >= 0.3 is 12.4 Å². The molecule has 0 N–H and O–H groups in total. The first-order valence-corrected chi connectivity index (χ1v) is 9.37. The molecule has 0 bridgehead atoms. The highest BCUT2D eigenvalue weighted by atomic mass is 19.4. The van der Waals surface area contributed by atoms with Gasteiger partial charge in [-0.05, 0) is 50.2 Å². The molecular formula is C23H17F6N3. The molecular weight excluding hydrogens is 432 g/mol. The molecule has 3 rings (SSSR count). The molecule has 3 nitrogen and oxygen atoms in total. The van der Waals surface area contributed by atoms with Crippen LogP contribution in [0.15, 0.2) is 76.7 Å². The van der Waals surface area contributed by atoms with Crippen molar-refractivity contribution in [3.05, 3.63) is 89.2 Å². The number of benzene rings is 2. The molecule has 2 aromatic carbocycles. The first-order chi connectivity index (χ1) is 15.0. The molecule has 1 heterocycles. The standard InChI is InChI=1S/C23H17F6N3/c1-14(30-20-10-5-3-8-16(20)22(24,25)26)18-12-7-13-19(32-18)15(2)31-21-11-6-4-9-17(21)23(27,28)29/h3-13H,1-2H3/b30-14+,31-15+. The van der Waals surface area contributed by atoms with E-state index in [1.165, 1.54) is 50.2 Å². The summed E-state index contributed by atoms with van der Waals surface area (Å²) in [7, 11) is 0. The molecule has 3 aromatic rings. The highest BCUT2D eigenvalue weighted by molar-refractivity contribution is 6.02. The van der Waals surface area contributed by atoms with Gasteiger partial charge in [0.1, 0.15) is 0 Å². The van der Waals surface area contributed by atoms with E-state index in [1.807, 2.05) is 0 Å². The van der Waals surface area contributed by atoms with E-state index >= 15 is 0 Å². The van der Waals surface area contributed by atoms with Crippen molar-refractivity contribution in [2.45, 2.75) is 26.2 Å². The molecule has 0 aliphatic carbocycles. The number of halogens is 6. The molecule has 0 fully saturated rings. The summed E-state index contributed by atoms with van der Waals surface area (Å²) < 4.78 is 79.3. The maximum absolute atomic E-state index is 13.2. The van der Waals surface area contributed by atoms with E-state index in [9.17, 15) is 26.3 Å². The highest BCUT2D eigenvalue weighted by Gasteiger charge is 2.34. The first kappa shape index (κ1) is 23.2. The van der Waals surface area contributed by atoms with Gasteiger partial charge in [0.05, 0.1) is 45.3 Å². The van der Waals surface area contributed by atoms with Crippen molar-refractivity contribution in [1.82, 2.24) is 4.98 Å². The molecule has 0 saturated carbocycles. The molecule has 0 radical (unpaired) electrons. The number of rotatable bonds is 4. The van der Waals surface area contributed by atoms with Gasteiger partial charge in [-0.2, -0.15) is 26.3 Å². The van der Waals surface area contributed by atoms with Gasteiger partial charge < -0.3 is 0 Å². The highest BCUT2D eigenvalue weighted by Crippen LogP contribution is 2.37. The Morgan fingerprint density at radius 1 is 0.594 bits per heavy atom. The SMILES string of the molecule is C/C(=N\c1ccccc1C(F)(F)F)c1cccc(/C(C)=N/c2ccccc2C(F)(F)F)n1. The molecule has 0 unspecified atom stereocenters. The summed E-state index contributed by atoms with van der Waals surface area (Å²) in [4.78, 5) is 12.5. The van der Waals surface area contributed by atoms with Gasteiger partial charge in [-0.3, -0.25) is 9.98 Å². The predicted molar refractivity (Wildman–Crippen MR) is 111 cm³/mol. The van der Waals surface area contributed by atoms with Crippen LogP contribution in [0, 0.1) is 0 Å². The smallest absolute Gasteiger partial charge is 0.251 e. The van der Waals surface area contributed by atoms with Crippen LogP contribution in [-0.4, -0.2) is 16.4 Å². The van der Waals surface area contributed by atoms with Gasteiger partial charge in [0.2, 0.25) is 0 Å². The number of para-hydroxylation sites is 2. The second kappa shape index (κ2) is 8.94. The summed E-state index contributed by atoms with van der Waals surface area (Å²) in [6.07, 6.45) is -9.13. The summed E-state index contributed by atoms with van der Waals surface area (Å²) in [6.45, 7) is 3.01. The van der Waals surface area contributed by atoms with Crippen molar-refractivity contribution < 1.29 is 26.3 Å². The second-order valence-electron chi connectivity index (χ2n) is 6.83. The molecule has 166 valence electrons. The van der Waals surface area contributed by atoms with Crippen LogP contribution in [-0.2, 0) is 12.4 Å². The number of alkyl halides is 6. The summed E-state index contributed by atoms with van der Waals surface area (Å²) >= 11 is 0. The Labute approximate surface area is 180 Å². The van der Waals surface area contributed by atoms with E-state index < -0.39 is 23.5 Å². The molecule has 0 amide bonds. The van der Waals surface area contributed by atoms with Gasteiger partial charge in [0, 0.05) is 0 Å². The topological polar surface area (TPSA) is 37.6 Å². The van der Waals surface area contributed by atoms with Crippen LogP contribution in [0.2, 0.25) is 0 Å². The van der Waals surface area contributed by atoms with Crippen LogP contribution in [0.4, 0.5) is 37.7 Å². The number of nitrogens with zero attached hydrogens (tertiary/aromatic N) is 3. The van der Waals surface area contributed by atoms with Gasteiger partial charge in [-0.25, -0.2) is 4.98 Å². The lowest BCUT2D eigenvalue weighted by atomic mass is 10.1. The zero-order valence-corrected chi connectivity index (χ0v) is 17.0. The lowest BCUT2D eigenvalue weighted by Gasteiger charge is -2.11. The zero-order chi connectivity index (χ0) is 23.5. The van der Waals surface area contributed by atoms with Gasteiger partial charge in [0.15, 0.2) is 0 Å². The average molecular weight is 449 g/mol. The third kappa shape index (κ3) is 5.40. The summed E-state index contributed by atoms with van der Waals surface area (Å²) in [5.74, 6) is 0. The van der Waals surface area contributed by atoms with E-state index in [1.54, 1.807) is 18.2 Å². The van der Waals surface area contributed by atoms with Crippen molar-refractivity contribution >= 4 is 22.8 Å². The minimum absolute atomic E-state index is 0.215. The molecule has 32 heavy (non-hydrogen) atoms. The number of aliphatic imine (C=N–C) groups is 2. The Bertz CT molecular complexity index is 1090. The lowest BCUT2D eigenvalue weighted by Crippen LogP contribution is -2.08.